The quantitative estimate of drug-likeness (QED) is 0.429. The van der Waals surface area contributed by atoms with Crippen molar-refractivity contribution in [2.45, 2.75) is 45.1 Å². The van der Waals surface area contributed by atoms with Gasteiger partial charge in [0.2, 0.25) is 0 Å². The summed E-state index contributed by atoms with van der Waals surface area (Å²) in [6.07, 6.45) is 9.70. The van der Waals surface area contributed by atoms with Crippen molar-refractivity contribution in [2.24, 2.45) is 0 Å². The summed E-state index contributed by atoms with van der Waals surface area (Å²) >= 11 is 0. The van der Waals surface area contributed by atoms with Gasteiger partial charge in [0, 0.05) is 18.7 Å². The van der Waals surface area contributed by atoms with Crippen LogP contribution in [0.2, 0.25) is 0 Å². The van der Waals surface area contributed by atoms with Crippen LogP contribution in [0.3, 0.4) is 0 Å². The van der Waals surface area contributed by atoms with Gasteiger partial charge in [0.15, 0.2) is 0 Å². The molecule has 1 aliphatic carbocycles. The molecular weight excluding hydrogens is 190 g/mol. The molecule has 0 heterocycles. The first-order valence-corrected chi connectivity index (χ1v) is 5.86. The fraction of sp³-hybridized carbons (Fsp3) is 0.750. The molecule has 1 N–H and O–H groups in total. The number of hydrogen-bond acceptors (Lipinski definition) is 3. The van der Waals surface area contributed by atoms with Gasteiger partial charge in [-0.1, -0.05) is 25.3 Å². The van der Waals surface area contributed by atoms with Gasteiger partial charge in [-0.25, -0.2) is 4.79 Å². The summed E-state index contributed by atoms with van der Waals surface area (Å²) in [5, 5.41) is 3.42. The Labute approximate surface area is 91.9 Å². The van der Waals surface area contributed by atoms with Crippen molar-refractivity contribution >= 4 is 5.97 Å². The molecule has 1 aliphatic rings. The first-order chi connectivity index (χ1) is 7.33. The number of carbonyl (C=O) groups is 1. The van der Waals surface area contributed by atoms with E-state index in [1.165, 1.54) is 38.2 Å². The zero-order chi connectivity index (χ0) is 10.9. The van der Waals surface area contributed by atoms with Crippen molar-refractivity contribution in [1.82, 2.24) is 5.32 Å². The zero-order valence-electron chi connectivity index (χ0n) is 9.50. The van der Waals surface area contributed by atoms with Crippen LogP contribution in [0.1, 0.15) is 39.0 Å². The lowest BCUT2D eigenvalue weighted by atomic mass is 9.96. The minimum Gasteiger partial charge on any atom is -0.461 e. The molecule has 0 amide bonds. The SMILES string of the molecule is C/C=C/C(=O)OCCNC1CCCCC1. The normalized spacial score (nSPS) is 18.2. The van der Waals surface area contributed by atoms with Crippen LogP contribution < -0.4 is 5.32 Å². The Balaban J connectivity index is 1.98. The van der Waals surface area contributed by atoms with Gasteiger partial charge in [0.05, 0.1) is 0 Å². The summed E-state index contributed by atoms with van der Waals surface area (Å²) in [6.45, 7) is 3.05. The third-order valence-corrected chi connectivity index (χ3v) is 2.69. The Bertz CT molecular complexity index is 208. The van der Waals surface area contributed by atoms with E-state index >= 15 is 0 Å². The Morgan fingerprint density at radius 3 is 2.80 bits per heavy atom. The number of nitrogens with one attached hydrogen (secondary N) is 1. The molecule has 15 heavy (non-hydrogen) atoms. The molecule has 1 fully saturated rings. The number of rotatable bonds is 5. The fourth-order valence-electron chi connectivity index (χ4n) is 1.91. The van der Waals surface area contributed by atoms with Crippen LogP contribution in [-0.2, 0) is 9.53 Å². The average molecular weight is 211 g/mol. The molecule has 3 heteroatoms. The summed E-state index contributed by atoms with van der Waals surface area (Å²) in [6, 6.07) is 0.638. The van der Waals surface area contributed by atoms with Crippen LogP contribution in [0.4, 0.5) is 0 Å². The van der Waals surface area contributed by atoms with E-state index in [-0.39, 0.29) is 5.97 Å². The maximum Gasteiger partial charge on any atom is 0.330 e. The van der Waals surface area contributed by atoms with Crippen LogP contribution in [0.25, 0.3) is 0 Å². The molecule has 0 bridgehead atoms. The Morgan fingerprint density at radius 2 is 2.13 bits per heavy atom. The van der Waals surface area contributed by atoms with Gasteiger partial charge in [-0.15, -0.1) is 0 Å². The fourth-order valence-corrected chi connectivity index (χ4v) is 1.91. The third kappa shape index (κ3) is 5.57. The van der Waals surface area contributed by atoms with Crippen LogP contribution in [-0.4, -0.2) is 25.2 Å². The monoisotopic (exact) mass is 211 g/mol. The summed E-state index contributed by atoms with van der Waals surface area (Å²) in [5.74, 6) is -0.247. The molecule has 0 saturated heterocycles. The first-order valence-electron chi connectivity index (χ1n) is 5.86. The molecule has 0 unspecified atom stereocenters. The molecule has 0 atom stereocenters. The first kappa shape index (κ1) is 12.2. The number of esters is 1. The molecule has 3 nitrogen and oxygen atoms in total. The average Bonchev–Trinajstić information content (AvgIpc) is 2.26. The molecule has 86 valence electrons. The summed E-state index contributed by atoms with van der Waals surface area (Å²) < 4.78 is 4.99. The highest BCUT2D eigenvalue weighted by molar-refractivity contribution is 5.81. The number of hydrogen-bond donors (Lipinski definition) is 1. The second-order valence-corrected chi connectivity index (χ2v) is 3.96. The summed E-state index contributed by atoms with van der Waals surface area (Å²) in [4.78, 5) is 11.0. The van der Waals surface area contributed by atoms with E-state index in [0.29, 0.717) is 12.6 Å². The molecule has 1 saturated carbocycles. The van der Waals surface area contributed by atoms with Gasteiger partial charge in [-0.05, 0) is 19.8 Å². The Kier molecular flexibility index (Phi) is 6.09. The van der Waals surface area contributed by atoms with E-state index < -0.39 is 0 Å². The van der Waals surface area contributed by atoms with Gasteiger partial charge in [0.1, 0.15) is 6.61 Å². The highest BCUT2D eigenvalue weighted by Crippen LogP contribution is 2.16. The largest absolute Gasteiger partial charge is 0.461 e. The van der Waals surface area contributed by atoms with Crippen molar-refractivity contribution in [3.63, 3.8) is 0 Å². The maximum atomic E-state index is 11.0. The van der Waals surface area contributed by atoms with E-state index in [1.807, 2.05) is 6.92 Å². The van der Waals surface area contributed by atoms with Crippen LogP contribution in [0, 0.1) is 0 Å². The van der Waals surface area contributed by atoms with Crippen molar-refractivity contribution in [3.05, 3.63) is 12.2 Å². The second-order valence-electron chi connectivity index (χ2n) is 3.96. The van der Waals surface area contributed by atoms with Crippen molar-refractivity contribution < 1.29 is 9.53 Å². The highest BCUT2D eigenvalue weighted by Gasteiger charge is 2.11. The zero-order valence-corrected chi connectivity index (χ0v) is 9.50. The topological polar surface area (TPSA) is 38.3 Å². The molecule has 1 rings (SSSR count). The predicted molar refractivity (Wildman–Crippen MR) is 60.6 cm³/mol. The van der Waals surface area contributed by atoms with E-state index in [0.717, 1.165) is 6.54 Å². The highest BCUT2D eigenvalue weighted by atomic mass is 16.5. The van der Waals surface area contributed by atoms with Gasteiger partial charge in [-0.2, -0.15) is 0 Å². The number of carbonyl (C=O) groups excluding carboxylic acids is 1. The van der Waals surface area contributed by atoms with Gasteiger partial charge in [0.25, 0.3) is 0 Å². The molecule has 0 aromatic rings. The summed E-state index contributed by atoms with van der Waals surface area (Å²) in [5.41, 5.74) is 0. The molecule has 0 spiro atoms. The number of allylic oxidation sites excluding steroid dienone is 1. The lowest BCUT2D eigenvalue weighted by Gasteiger charge is -2.22. The van der Waals surface area contributed by atoms with E-state index in [1.54, 1.807) is 6.08 Å². The van der Waals surface area contributed by atoms with Crippen molar-refractivity contribution in [2.75, 3.05) is 13.2 Å². The standard InChI is InChI=1S/C12H21NO2/c1-2-6-12(14)15-10-9-13-11-7-4-3-5-8-11/h2,6,11,13H,3-5,7-10H2,1H3/b6-2+. The number of ether oxygens (including phenoxy) is 1. The van der Waals surface area contributed by atoms with Crippen molar-refractivity contribution in [3.8, 4) is 0 Å². The van der Waals surface area contributed by atoms with Crippen LogP contribution >= 0.6 is 0 Å². The van der Waals surface area contributed by atoms with Gasteiger partial charge in [-0.3, -0.25) is 0 Å². The molecular formula is C12H21NO2. The molecule has 0 aliphatic heterocycles. The van der Waals surface area contributed by atoms with E-state index in [4.69, 9.17) is 4.74 Å². The third-order valence-electron chi connectivity index (χ3n) is 2.69. The maximum absolute atomic E-state index is 11.0. The van der Waals surface area contributed by atoms with E-state index in [9.17, 15) is 4.79 Å². The second kappa shape index (κ2) is 7.46. The summed E-state index contributed by atoms with van der Waals surface area (Å²) in [7, 11) is 0. The van der Waals surface area contributed by atoms with E-state index in [2.05, 4.69) is 5.32 Å². The predicted octanol–water partition coefficient (Wildman–Crippen LogP) is 2.03. The lowest BCUT2D eigenvalue weighted by molar-refractivity contribution is -0.137. The molecule has 0 aromatic heterocycles. The Morgan fingerprint density at radius 1 is 1.40 bits per heavy atom. The van der Waals surface area contributed by atoms with Gasteiger partial charge < -0.3 is 10.1 Å². The molecule has 0 radical (unpaired) electrons. The van der Waals surface area contributed by atoms with Gasteiger partial charge >= 0.3 is 5.97 Å². The van der Waals surface area contributed by atoms with Crippen LogP contribution in [0.15, 0.2) is 12.2 Å². The minimum atomic E-state index is -0.247. The smallest absolute Gasteiger partial charge is 0.330 e. The lowest BCUT2D eigenvalue weighted by Crippen LogP contribution is -2.33. The minimum absolute atomic E-state index is 0.247. The Hall–Kier alpha value is -0.830. The van der Waals surface area contributed by atoms with Crippen molar-refractivity contribution in [1.29, 1.82) is 0 Å². The van der Waals surface area contributed by atoms with Crippen LogP contribution in [0.5, 0.6) is 0 Å². The molecule has 0 aromatic carbocycles.